The maximum Gasteiger partial charge on any atom is 0.0173 e. The Morgan fingerprint density at radius 1 is 1.38 bits per heavy atom. The molecular formula is C15H29N. The highest BCUT2D eigenvalue weighted by Gasteiger charge is 1.99. The van der Waals surface area contributed by atoms with E-state index in [0.717, 1.165) is 18.8 Å². The molecule has 0 aliphatic heterocycles. The average Bonchev–Trinajstić information content (AvgIpc) is 2.26. The van der Waals surface area contributed by atoms with Gasteiger partial charge in [-0.2, -0.15) is 0 Å². The van der Waals surface area contributed by atoms with Crippen LogP contribution in [0, 0.1) is 18.3 Å². The molecule has 0 N–H and O–H groups in total. The molecule has 1 nitrogen and oxygen atoms in total. The van der Waals surface area contributed by atoms with Crippen LogP contribution in [0.3, 0.4) is 0 Å². The number of terminal acetylenes is 1. The van der Waals surface area contributed by atoms with Crippen LogP contribution in [0.15, 0.2) is 11.8 Å². The van der Waals surface area contributed by atoms with E-state index in [1.807, 2.05) is 6.92 Å². The van der Waals surface area contributed by atoms with E-state index in [-0.39, 0.29) is 0 Å². The zero-order valence-electron chi connectivity index (χ0n) is 12.0. The fourth-order valence-electron chi connectivity index (χ4n) is 1.08. The number of hydrogen-bond donors (Lipinski definition) is 0. The summed E-state index contributed by atoms with van der Waals surface area (Å²) in [5.74, 6) is 3.24. The van der Waals surface area contributed by atoms with Gasteiger partial charge in [-0.15, -0.1) is 12.3 Å². The molecule has 0 aromatic carbocycles. The first kappa shape index (κ1) is 17.5. The van der Waals surface area contributed by atoms with Crippen LogP contribution < -0.4 is 0 Å². The first-order valence-electron chi connectivity index (χ1n) is 6.30. The van der Waals surface area contributed by atoms with Gasteiger partial charge in [-0.25, -0.2) is 0 Å². The fraction of sp³-hybridized carbons (Fsp3) is 0.733. The summed E-state index contributed by atoms with van der Waals surface area (Å²) in [5.41, 5.74) is 1.40. The Morgan fingerprint density at radius 2 is 1.88 bits per heavy atom. The van der Waals surface area contributed by atoms with Crippen molar-refractivity contribution in [3.63, 3.8) is 0 Å². The van der Waals surface area contributed by atoms with Crippen LogP contribution in [0.25, 0.3) is 0 Å². The molecule has 0 heterocycles. The molecule has 0 amide bonds. The molecule has 0 fully saturated rings. The molecule has 0 unspecified atom stereocenters. The molecule has 94 valence electrons. The molecule has 0 aromatic heterocycles. The van der Waals surface area contributed by atoms with Crippen LogP contribution >= 0.6 is 0 Å². The smallest absolute Gasteiger partial charge is 0.0173 e. The van der Waals surface area contributed by atoms with E-state index >= 15 is 0 Å². The molecule has 0 bridgehead atoms. The van der Waals surface area contributed by atoms with Crippen molar-refractivity contribution in [2.75, 3.05) is 13.6 Å². The van der Waals surface area contributed by atoms with Crippen LogP contribution in [0.2, 0.25) is 0 Å². The Balaban J connectivity index is 0. The van der Waals surface area contributed by atoms with Crippen molar-refractivity contribution in [3.05, 3.63) is 11.8 Å². The quantitative estimate of drug-likeness (QED) is 0.628. The zero-order valence-corrected chi connectivity index (χ0v) is 12.0. The van der Waals surface area contributed by atoms with Crippen LogP contribution in [-0.2, 0) is 0 Å². The summed E-state index contributed by atoms with van der Waals surface area (Å²) in [6.45, 7) is 12.0. The maximum atomic E-state index is 4.78. The molecule has 0 radical (unpaired) electrons. The maximum absolute atomic E-state index is 4.78. The van der Waals surface area contributed by atoms with Gasteiger partial charge in [0.2, 0.25) is 0 Å². The van der Waals surface area contributed by atoms with E-state index in [4.69, 9.17) is 6.42 Å². The van der Waals surface area contributed by atoms with Gasteiger partial charge in [0, 0.05) is 25.7 Å². The van der Waals surface area contributed by atoms with Gasteiger partial charge in [0.1, 0.15) is 0 Å². The Labute approximate surface area is 103 Å². The molecule has 0 atom stereocenters. The zero-order chi connectivity index (χ0) is 13.0. The third kappa shape index (κ3) is 13.1. The van der Waals surface area contributed by atoms with Gasteiger partial charge in [0.25, 0.3) is 0 Å². The monoisotopic (exact) mass is 223 g/mol. The van der Waals surface area contributed by atoms with Gasteiger partial charge in [-0.05, 0) is 25.7 Å². The third-order valence-electron chi connectivity index (χ3n) is 2.35. The second-order valence-electron chi connectivity index (χ2n) is 4.42. The minimum atomic E-state index is 0.807. The Hall–Kier alpha value is -0.900. The molecule has 0 aromatic rings. The van der Waals surface area contributed by atoms with Crippen molar-refractivity contribution in [2.24, 2.45) is 5.92 Å². The molecule has 0 aliphatic carbocycles. The fourth-order valence-corrected chi connectivity index (χ4v) is 1.08. The van der Waals surface area contributed by atoms with Crippen molar-refractivity contribution in [1.82, 2.24) is 4.90 Å². The lowest BCUT2D eigenvalue weighted by Gasteiger charge is -2.20. The van der Waals surface area contributed by atoms with Crippen molar-refractivity contribution in [3.8, 4) is 12.3 Å². The Kier molecular flexibility index (Phi) is 13.3. The predicted molar refractivity (Wildman–Crippen MR) is 75.3 cm³/mol. The SMILES string of the molecule is C#CCC.CC/C=C(/C)N(C)CCC(C)C. The number of rotatable bonds is 5. The second kappa shape index (κ2) is 12.2. The first-order valence-corrected chi connectivity index (χ1v) is 6.30. The summed E-state index contributed by atoms with van der Waals surface area (Å²) in [7, 11) is 2.17. The molecule has 16 heavy (non-hydrogen) atoms. The van der Waals surface area contributed by atoms with E-state index in [2.05, 4.69) is 51.6 Å². The minimum absolute atomic E-state index is 0.807. The molecule has 0 saturated carbocycles. The van der Waals surface area contributed by atoms with E-state index in [1.54, 1.807) is 0 Å². The minimum Gasteiger partial charge on any atom is -0.378 e. The first-order chi connectivity index (χ1) is 7.49. The molecule has 0 spiro atoms. The van der Waals surface area contributed by atoms with Crippen LogP contribution in [0.5, 0.6) is 0 Å². The van der Waals surface area contributed by atoms with E-state index in [1.165, 1.54) is 18.7 Å². The van der Waals surface area contributed by atoms with Gasteiger partial charge >= 0.3 is 0 Å². The van der Waals surface area contributed by atoms with Crippen molar-refractivity contribution >= 4 is 0 Å². The van der Waals surface area contributed by atoms with Crippen LogP contribution in [0.4, 0.5) is 0 Å². The predicted octanol–water partition coefficient (Wildman–Crippen LogP) is 4.31. The molecule has 0 rings (SSSR count). The molecule has 1 heteroatoms. The summed E-state index contributed by atoms with van der Waals surface area (Å²) in [6.07, 6.45) is 10.3. The van der Waals surface area contributed by atoms with Gasteiger partial charge in [0.05, 0.1) is 0 Å². The van der Waals surface area contributed by atoms with Gasteiger partial charge < -0.3 is 4.90 Å². The third-order valence-corrected chi connectivity index (χ3v) is 2.35. The Bertz CT molecular complexity index is 208. The highest BCUT2D eigenvalue weighted by Crippen LogP contribution is 2.06. The Morgan fingerprint density at radius 3 is 2.19 bits per heavy atom. The summed E-state index contributed by atoms with van der Waals surface area (Å²) in [6, 6.07) is 0. The largest absolute Gasteiger partial charge is 0.378 e. The van der Waals surface area contributed by atoms with Gasteiger partial charge in [-0.3, -0.25) is 0 Å². The number of allylic oxidation sites excluding steroid dienone is 2. The lowest BCUT2D eigenvalue weighted by atomic mass is 10.1. The van der Waals surface area contributed by atoms with Gasteiger partial charge in [0.15, 0.2) is 0 Å². The topological polar surface area (TPSA) is 3.24 Å². The molecule has 0 saturated heterocycles. The van der Waals surface area contributed by atoms with Crippen LogP contribution in [-0.4, -0.2) is 18.5 Å². The second-order valence-corrected chi connectivity index (χ2v) is 4.42. The summed E-state index contributed by atoms with van der Waals surface area (Å²) in [5, 5.41) is 0. The van der Waals surface area contributed by atoms with E-state index in [9.17, 15) is 0 Å². The summed E-state index contributed by atoms with van der Waals surface area (Å²) in [4.78, 5) is 2.34. The number of hydrogen-bond acceptors (Lipinski definition) is 1. The highest BCUT2D eigenvalue weighted by molar-refractivity contribution is 4.95. The van der Waals surface area contributed by atoms with Crippen LogP contribution in [0.1, 0.15) is 53.9 Å². The lowest BCUT2D eigenvalue weighted by molar-refractivity contribution is 0.376. The highest BCUT2D eigenvalue weighted by atomic mass is 15.1. The van der Waals surface area contributed by atoms with E-state index in [0.29, 0.717) is 0 Å². The van der Waals surface area contributed by atoms with Crippen molar-refractivity contribution < 1.29 is 0 Å². The molecule has 0 aliphatic rings. The van der Waals surface area contributed by atoms with Gasteiger partial charge in [-0.1, -0.05) is 33.8 Å². The standard InChI is InChI=1S/C11H23N.C4H6/c1-6-7-11(4)12(5)9-8-10(2)3;1-3-4-2/h7,10H,6,8-9H2,1-5H3;1H,4H2,2H3/b11-7-;. The van der Waals surface area contributed by atoms with Crippen molar-refractivity contribution in [2.45, 2.75) is 53.9 Å². The normalized spacial score (nSPS) is 10.5. The molecular weight excluding hydrogens is 194 g/mol. The summed E-state index contributed by atoms with van der Waals surface area (Å²) < 4.78 is 0. The van der Waals surface area contributed by atoms with Crippen molar-refractivity contribution in [1.29, 1.82) is 0 Å². The number of nitrogens with zero attached hydrogens (tertiary/aromatic N) is 1. The van der Waals surface area contributed by atoms with E-state index < -0.39 is 0 Å². The average molecular weight is 223 g/mol. The summed E-state index contributed by atoms with van der Waals surface area (Å²) >= 11 is 0. The lowest BCUT2D eigenvalue weighted by Crippen LogP contribution is -2.18.